The molecule has 3 heterocycles. The van der Waals surface area contributed by atoms with Crippen molar-refractivity contribution in [1.29, 1.82) is 0 Å². The van der Waals surface area contributed by atoms with Gasteiger partial charge in [0, 0.05) is 19.0 Å². The number of fused-ring (bicyclic) bond motifs is 2. The first-order chi connectivity index (χ1) is 11.8. The first-order valence-corrected chi connectivity index (χ1v) is 9.32. The molecule has 2 bridgehead atoms. The first kappa shape index (κ1) is 15.6. The van der Waals surface area contributed by atoms with Crippen LogP contribution in [0.5, 0.6) is 0 Å². The Labute approximate surface area is 145 Å². The summed E-state index contributed by atoms with van der Waals surface area (Å²) in [6.07, 6.45) is 2.12. The lowest BCUT2D eigenvalue weighted by Gasteiger charge is -2.21. The third-order valence-corrected chi connectivity index (χ3v) is 5.83. The number of carbonyl (C=O) groups is 1. The topological polar surface area (TPSA) is 54.5 Å². The molecule has 4 rings (SSSR count). The molecule has 0 radical (unpaired) electrons. The molecule has 2 fully saturated rings. The first-order valence-electron chi connectivity index (χ1n) is 8.44. The zero-order valence-corrected chi connectivity index (χ0v) is 14.3. The summed E-state index contributed by atoms with van der Waals surface area (Å²) in [6, 6.07) is 9.95. The summed E-state index contributed by atoms with van der Waals surface area (Å²) in [5.74, 6) is 1.73. The Bertz CT molecular complexity index is 703. The molecule has 1 amide bonds. The highest BCUT2D eigenvalue weighted by Gasteiger charge is 2.36. The van der Waals surface area contributed by atoms with E-state index in [1.807, 2.05) is 30.3 Å². The van der Waals surface area contributed by atoms with E-state index in [0.717, 1.165) is 17.0 Å². The molecule has 0 aliphatic carbocycles. The fraction of sp³-hybridized carbons (Fsp3) is 0.444. The van der Waals surface area contributed by atoms with Crippen molar-refractivity contribution in [2.24, 2.45) is 11.8 Å². The van der Waals surface area contributed by atoms with Gasteiger partial charge in [-0.15, -0.1) is 11.3 Å². The summed E-state index contributed by atoms with van der Waals surface area (Å²) in [7, 11) is 0. The van der Waals surface area contributed by atoms with E-state index < -0.39 is 6.09 Å². The Hall–Kier alpha value is -1.92. The van der Waals surface area contributed by atoms with E-state index in [-0.39, 0.29) is 0 Å². The van der Waals surface area contributed by atoms with Crippen molar-refractivity contribution in [3.8, 4) is 10.4 Å². The van der Waals surface area contributed by atoms with Crippen LogP contribution in [0.15, 0.2) is 35.8 Å². The third kappa shape index (κ3) is 3.30. The zero-order valence-electron chi connectivity index (χ0n) is 13.5. The maximum absolute atomic E-state index is 12.2. The average Bonchev–Trinajstić information content (AvgIpc) is 3.18. The minimum Gasteiger partial charge on any atom is -0.449 e. The molecule has 24 heavy (non-hydrogen) atoms. The largest absolute Gasteiger partial charge is 0.449 e. The standard InChI is InChI=1S/C18H21N3O2S/c22-18(23-11-15-10-21-8-4-7-14(15)9-21)20-17-16(24-12-19-17)13-5-2-1-3-6-13/h1-3,5-6,12,14-15H,4,7-11H2,(H,20,22). The van der Waals surface area contributed by atoms with Gasteiger partial charge in [0.15, 0.2) is 5.82 Å². The lowest BCUT2D eigenvalue weighted by atomic mass is 9.92. The van der Waals surface area contributed by atoms with E-state index in [2.05, 4.69) is 15.2 Å². The molecule has 5 nitrogen and oxygen atoms in total. The van der Waals surface area contributed by atoms with Crippen molar-refractivity contribution in [2.45, 2.75) is 12.8 Å². The molecule has 2 aliphatic heterocycles. The molecule has 0 saturated carbocycles. The highest BCUT2D eigenvalue weighted by atomic mass is 32.1. The molecular weight excluding hydrogens is 322 g/mol. The second-order valence-electron chi connectivity index (χ2n) is 6.54. The lowest BCUT2D eigenvalue weighted by molar-refractivity contribution is 0.133. The molecule has 2 aromatic rings. The Balaban J connectivity index is 1.35. The number of amides is 1. The summed E-state index contributed by atoms with van der Waals surface area (Å²) in [5.41, 5.74) is 2.79. The highest BCUT2D eigenvalue weighted by molar-refractivity contribution is 7.13. The predicted molar refractivity (Wildman–Crippen MR) is 95.2 cm³/mol. The molecule has 2 aliphatic rings. The fourth-order valence-corrected chi connectivity index (χ4v) is 4.51. The maximum atomic E-state index is 12.2. The second kappa shape index (κ2) is 6.91. The molecule has 126 valence electrons. The van der Waals surface area contributed by atoms with Gasteiger partial charge in [0.25, 0.3) is 0 Å². The van der Waals surface area contributed by atoms with Gasteiger partial charge in [0.05, 0.1) is 17.0 Å². The molecule has 1 N–H and O–H groups in total. The molecule has 0 spiro atoms. The Kier molecular flexibility index (Phi) is 4.49. The van der Waals surface area contributed by atoms with E-state index >= 15 is 0 Å². The van der Waals surface area contributed by atoms with Crippen molar-refractivity contribution in [1.82, 2.24) is 9.88 Å². The van der Waals surface area contributed by atoms with E-state index in [1.165, 1.54) is 37.3 Å². The van der Waals surface area contributed by atoms with E-state index in [1.54, 1.807) is 5.51 Å². The van der Waals surface area contributed by atoms with Crippen molar-refractivity contribution >= 4 is 23.2 Å². The van der Waals surface area contributed by atoms with Gasteiger partial charge in [-0.25, -0.2) is 9.78 Å². The van der Waals surface area contributed by atoms with Gasteiger partial charge < -0.3 is 9.64 Å². The van der Waals surface area contributed by atoms with Gasteiger partial charge in [0.2, 0.25) is 0 Å². The number of benzene rings is 1. The van der Waals surface area contributed by atoms with Crippen LogP contribution in [0.1, 0.15) is 12.8 Å². The van der Waals surface area contributed by atoms with Crippen LogP contribution in [0, 0.1) is 11.8 Å². The Morgan fingerprint density at radius 2 is 2.21 bits per heavy atom. The van der Waals surface area contributed by atoms with Gasteiger partial charge >= 0.3 is 6.09 Å². The number of piperidine rings is 1. The molecule has 1 aromatic heterocycles. The van der Waals surface area contributed by atoms with E-state index in [9.17, 15) is 4.79 Å². The number of nitrogens with zero attached hydrogens (tertiary/aromatic N) is 2. The summed E-state index contributed by atoms with van der Waals surface area (Å²) >= 11 is 1.51. The monoisotopic (exact) mass is 343 g/mol. The van der Waals surface area contributed by atoms with Gasteiger partial charge in [0.1, 0.15) is 0 Å². The van der Waals surface area contributed by atoms with Crippen LogP contribution in [-0.2, 0) is 4.74 Å². The zero-order chi connectivity index (χ0) is 16.4. The van der Waals surface area contributed by atoms with E-state index in [4.69, 9.17) is 4.74 Å². The summed E-state index contributed by atoms with van der Waals surface area (Å²) in [5, 5.41) is 2.80. The highest BCUT2D eigenvalue weighted by Crippen LogP contribution is 2.33. The van der Waals surface area contributed by atoms with Crippen LogP contribution in [0.2, 0.25) is 0 Å². The van der Waals surface area contributed by atoms with Crippen molar-refractivity contribution in [3.63, 3.8) is 0 Å². The fourth-order valence-electron chi connectivity index (χ4n) is 3.76. The van der Waals surface area contributed by atoms with Crippen molar-refractivity contribution in [3.05, 3.63) is 35.8 Å². The number of hydrogen-bond acceptors (Lipinski definition) is 5. The average molecular weight is 343 g/mol. The molecular formula is C18H21N3O2S. The summed E-state index contributed by atoms with van der Waals surface area (Å²) in [4.78, 5) is 19.9. The number of carbonyl (C=O) groups excluding carboxylic acids is 1. The number of thiazole rings is 1. The number of rotatable bonds is 4. The second-order valence-corrected chi connectivity index (χ2v) is 7.40. The quantitative estimate of drug-likeness (QED) is 0.920. The van der Waals surface area contributed by atoms with Crippen LogP contribution < -0.4 is 5.32 Å². The van der Waals surface area contributed by atoms with Gasteiger partial charge in [-0.1, -0.05) is 30.3 Å². The van der Waals surface area contributed by atoms with E-state index in [0.29, 0.717) is 24.3 Å². The normalized spacial score (nSPS) is 25.4. The van der Waals surface area contributed by atoms with Gasteiger partial charge in [-0.2, -0.15) is 0 Å². The smallest absolute Gasteiger partial charge is 0.412 e. The number of nitrogens with one attached hydrogen (secondary N) is 1. The van der Waals surface area contributed by atoms with Crippen LogP contribution in [-0.4, -0.2) is 42.2 Å². The number of ether oxygens (including phenoxy) is 1. The summed E-state index contributed by atoms with van der Waals surface area (Å²) < 4.78 is 5.49. The number of hydrogen-bond donors (Lipinski definition) is 1. The Morgan fingerprint density at radius 3 is 3.04 bits per heavy atom. The van der Waals surface area contributed by atoms with Crippen LogP contribution in [0.4, 0.5) is 10.6 Å². The van der Waals surface area contributed by atoms with Crippen LogP contribution in [0.25, 0.3) is 10.4 Å². The van der Waals surface area contributed by atoms with Gasteiger partial charge in [-0.3, -0.25) is 5.32 Å². The van der Waals surface area contributed by atoms with Gasteiger partial charge in [-0.05, 0) is 30.9 Å². The van der Waals surface area contributed by atoms with Crippen molar-refractivity contribution in [2.75, 3.05) is 31.6 Å². The number of anilines is 1. The lowest BCUT2D eigenvalue weighted by Crippen LogP contribution is -2.25. The number of aromatic nitrogens is 1. The predicted octanol–water partition coefficient (Wildman–Crippen LogP) is 3.70. The van der Waals surface area contributed by atoms with Crippen molar-refractivity contribution < 1.29 is 9.53 Å². The molecule has 3 unspecified atom stereocenters. The van der Waals surface area contributed by atoms with Crippen LogP contribution >= 0.6 is 11.3 Å². The maximum Gasteiger partial charge on any atom is 0.412 e. The molecule has 1 aromatic carbocycles. The molecule has 2 saturated heterocycles. The van der Waals surface area contributed by atoms with Crippen LogP contribution in [0.3, 0.4) is 0 Å². The minimum absolute atomic E-state index is 0.408. The Morgan fingerprint density at radius 1 is 1.33 bits per heavy atom. The summed E-state index contributed by atoms with van der Waals surface area (Å²) in [6.45, 7) is 3.92. The molecule has 6 heteroatoms. The molecule has 3 atom stereocenters. The SMILES string of the molecule is O=C(Nc1ncsc1-c1ccccc1)OCC1CN2CCCC1C2. The third-order valence-electron chi connectivity index (χ3n) is 4.95. The minimum atomic E-state index is -0.408.